The van der Waals surface area contributed by atoms with Crippen LogP contribution in [0.4, 0.5) is 0 Å². The molecule has 1 aliphatic heterocycles. The molecule has 2 aliphatic rings. The molecular formula is C18H37N3. The molecule has 0 aromatic carbocycles. The fraction of sp³-hybridized carbons (Fsp3) is 1.00. The minimum atomic E-state index is 0.705. The summed E-state index contributed by atoms with van der Waals surface area (Å²) in [4.78, 5) is 5.26. The molecule has 0 bridgehead atoms. The molecule has 1 saturated carbocycles. The predicted molar refractivity (Wildman–Crippen MR) is 91.8 cm³/mol. The molecule has 0 aromatic heterocycles. The average molecular weight is 296 g/mol. The second kappa shape index (κ2) is 9.12. The number of hydrogen-bond acceptors (Lipinski definition) is 3. The highest BCUT2D eigenvalue weighted by atomic mass is 15.2. The van der Waals surface area contributed by atoms with Crippen LogP contribution in [-0.2, 0) is 0 Å². The Hall–Kier alpha value is -0.120. The fourth-order valence-corrected chi connectivity index (χ4v) is 4.47. The van der Waals surface area contributed by atoms with Crippen molar-refractivity contribution in [3.8, 4) is 0 Å². The van der Waals surface area contributed by atoms with Crippen LogP contribution in [0.5, 0.6) is 0 Å². The van der Waals surface area contributed by atoms with E-state index in [9.17, 15) is 0 Å². The molecule has 3 heteroatoms. The van der Waals surface area contributed by atoms with Crippen molar-refractivity contribution < 1.29 is 0 Å². The quantitative estimate of drug-likeness (QED) is 0.743. The van der Waals surface area contributed by atoms with Crippen molar-refractivity contribution in [1.29, 1.82) is 0 Å². The van der Waals surface area contributed by atoms with E-state index in [1.54, 1.807) is 0 Å². The zero-order valence-corrected chi connectivity index (χ0v) is 14.6. The normalized spacial score (nSPS) is 26.6. The summed E-state index contributed by atoms with van der Waals surface area (Å²) in [5.74, 6) is 0.909. The molecule has 0 radical (unpaired) electrons. The molecule has 1 aliphatic carbocycles. The van der Waals surface area contributed by atoms with E-state index in [1.807, 2.05) is 0 Å². The molecule has 2 atom stereocenters. The lowest BCUT2D eigenvalue weighted by atomic mass is 9.83. The van der Waals surface area contributed by atoms with Crippen molar-refractivity contribution in [2.75, 3.05) is 39.8 Å². The second-order valence-electron chi connectivity index (χ2n) is 7.21. The zero-order valence-electron chi connectivity index (χ0n) is 14.6. The molecule has 3 nitrogen and oxygen atoms in total. The highest BCUT2D eigenvalue weighted by Crippen LogP contribution is 2.27. The number of nitrogens with one attached hydrogen (secondary N) is 1. The highest BCUT2D eigenvalue weighted by Gasteiger charge is 2.27. The molecule has 124 valence electrons. The van der Waals surface area contributed by atoms with Gasteiger partial charge in [0.2, 0.25) is 0 Å². The average Bonchev–Trinajstić information content (AvgIpc) is 2.95. The minimum Gasteiger partial charge on any atom is -0.313 e. The maximum Gasteiger partial charge on any atom is 0.0223 e. The van der Waals surface area contributed by atoms with Crippen molar-refractivity contribution in [3.05, 3.63) is 0 Å². The lowest BCUT2D eigenvalue weighted by Crippen LogP contribution is -2.48. The molecule has 0 aromatic rings. The van der Waals surface area contributed by atoms with Crippen LogP contribution in [0.25, 0.3) is 0 Å². The molecule has 21 heavy (non-hydrogen) atoms. The topological polar surface area (TPSA) is 18.5 Å². The van der Waals surface area contributed by atoms with Gasteiger partial charge >= 0.3 is 0 Å². The Balaban J connectivity index is 1.81. The minimum absolute atomic E-state index is 0.705. The van der Waals surface area contributed by atoms with Gasteiger partial charge in [0, 0.05) is 25.2 Å². The van der Waals surface area contributed by atoms with E-state index in [0.29, 0.717) is 6.04 Å². The van der Waals surface area contributed by atoms with Gasteiger partial charge in [-0.05, 0) is 58.3 Å². The lowest BCUT2D eigenvalue weighted by molar-refractivity contribution is 0.163. The molecule has 2 rings (SSSR count). The first-order chi connectivity index (χ1) is 10.2. The van der Waals surface area contributed by atoms with Gasteiger partial charge in [-0.2, -0.15) is 0 Å². The summed E-state index contributed by atoms with van der Waals surface area (Å²) in [6.07, 6.45) is 10.0. The SMILES string of the molecule is CCNC(CN(C)CC1CCCN1CC)C1CCCCC1. The van der Waals surface area contributed by atoms with Crippen LogP contribution in [0.15, 0.2) is 0 Å². The maximum atomic E-state index is 3.78. The van der Waals surface area contributed by atoms with E-state index in [-0.39, 0.29) is 0 Å². The number of rotatable bonds is 8. The van der Waals surface area contributed by atoms with Crippen LogP contribution < -0.4 is 5.32 Å². The largest absolute Gasteiger partial charge is 0.313 e. The van der Waals surface area contributed by atoms with E-state index in [1.165, 1.54) is 71.1 Å². The number of nitrogens with zero attached hydrogens (tertiary/aromatic N) is 2. The van der Waals surface area contributed by atoms with E-state index in [4.69, 9.17) is 0 Å². The van der Waals surface area contributed by atoms with Crippen LogP contribution >= 0.6 is 0 Å². The summed E-state index contributed by atoms with van der Waals surface area (Å²) in [6, 6.07) is 1.51. The van der Waals surface area contributed by atoms with Gasteiger partial charge in [0.05, 0.1) is 0 Å². The smallest absolute Gasteiger partial charge is 0.0223 e. The van der Waals surface area contributed by atoms with Crippen molar-refractivity contribution in [3.63, 3.8) is 0 Å². The predicted octanol–water partition coefficient (Wildman–Crippen LogP) is 2.96. The Labute approximate surface area is 132 Å². The molecule has 1 saturated heterocycles. The number of hydrogen-bond donors (Lipinski definition) is 1. The van der Waals surface area contributed by atoms with E-state index in [0.717, 1.165) is 18.5 Å². The summed E-state index contributed by atoms with van der Waals surface area (Å²) in [7, 11) is 2.33. The van der Waals surface area contributed by atoms with E-state index >= 15 is 0 Å². The van der Waals surface area contributed by atoms with Gasteiger partial charge in [0.1, 0.15) is 0 Å². The molecule has 2 unspecified atom stereocenters. The molecule has 1 N–H and O–H groups in total. The van der Waals surface area contributed by atoms with Gasteiger partial charge in [-0.15, -0.1) is 0 Å². The second-order valence-corrected chi connectivity index (χ2v) is 7.21. The third-order valence-corrected chi connectivity index (χ3v) is 5.62. The molecule has 2 fully saturated rings. The van der Waals surface area contributed by atoms with Crippen LogP contribution in [0.3, 0.4) is 0 Å². The highest BCUT2D eigenvalue weighted by molar-refractivity contribution is 4.85. The zero-order chi connectivity index (χ0) is 15.1. The lowest BCUT2D eigenvalue weighted by Gasteiger charge is -2.35. The Morgan fingerprint density at radius 1 is 1.10 bits per heavy atom. The summed E-state index contributed by atoms with van der Waals surface area (Å²) in [5.41, 5.74) is 0. The van der Waals surface area contributed by atoms with Gasteiger partial charge in [0.15, 0.2) is 0 Å². The van der Waals surface area contributed by atoms with Gasteiger partial charge in [-0.25, -0.2) is 0 Å². The van der Waals surface area contributed by atoms with Crippen LogP contribution in [0.1, 0.15) is 58.8 Å². The Kier molecular flexibility index (Phi) is 7.48. The van der Waals surface area contributed by atoms with Crippen LogP contribution in [0, 0.1) is 5.92 Å². The number of likely N-dealkylation sites (tertiary alicyclic amines) is 1. The fourth-order valence-electron chi connectivity index (χ4n) is 4.47. The van der Waals surface area contributed by atoms with E-state index < -0.39 is 0 Å². The molecule has 1 heterocycles. The molecule has 0 amide bonds. The number of likely N-dealkylation sites (N-methyl/N-ethyl adjacent to an activating group) is 3. The van der Waals surface area contributed by atoms with Gasteiger partial charge in [0.25, 0.3) is 0 Å². The van der Waals surface area contributed by atoms with Crippen molar-refractivity contribution in [2.24, 2.45) is 5.92 Å². The van der Waals surface area contributed by atoms with E-state index in [2.05, 4.69) is 36.0 Å². The van der Waals surface area contributed by atoms with Crippen LogP contribution in [0.2, 0.25) is 0 Å². The molecular weight excluding hydrogens is 258 g/mol. The Morgan fingerprint density at radius 2 is 1.86 bits per heavy atom. The third-order valence-electron chi connectivity index (χ3n) is 5.62. The molecule has 0 spiro atoms. The first kappa shape index (κ1) is 17.2. The Bertz CT molecular complexity index is 276. The van der Waals surface area contributed by atoms with Crippen LogP contribution in [-0.4, -0.2) is 61.7 Å². The summed E-state index contributed by atoms with van der Waals surface area (Å²) >= 11 is 0. The van der Waals surface area contributed by atoms with Gasteiger partial charge in [-0.1, -0.05) is 33.1 Å². The van der Waals surface area contributed by atoms with Gasteiger partial charge in [-0.3, -0.25) is 4.90 Å². The third kappa shape index (κ3) is 5.22. The summed E-state index contributed by atoms with van der Waals surface area (Å²) in [5, 5.41) is 3.78. The Morgan fingerprint density at radius 3 is 2.52 bits per heavy atom. The summed E-state index contributed by atoms with van der Waals surface area (Å²) in [6.45, 7) is 10.7. The van der Waals surface area contributed by atoms with Gasteiger partial charge < -0.3 is 10.2 Å². The van der Waals surface area contributed by atoms with Crippen molar-refractivity contribution in [1.82, 2.24) is 15.1 Å². The standard InChI is InChI=1S/C18H37N3/c1-4-19-18(16-10-7-6-8-11-16)15-20(3)14-17-12-9-13-21(17)5-2/h16-19H,4-15H2,1-3H3. The van der Waals surface area contributed by atoms with Crippen molar-refractivity contribution in [2.45, 2.75) is 70.9 Å². The first-order valence-electron chi connectivity index (χ1n) is 9.40. The van der Waals surface area contributed by atoms with Crippen molar-refractivity contribution >= 4 is 0 Å². The maximum absolute atomic E-state index is 3.78. The summed E-state index contributed by atoms with van der Waals surface area (Å²) < 4.78 is 0. The first-order valence-corrected chi connectivity index (χ1v) is 9.40. The monoisotopic (exact) mass is 295 g/mol.